The molecule has 1 unspecified atom stereocenters. The normalized spacial score (nSPS) is 12.9. The van der Waals surface area contributed by atoms with Crippen molar-refractivity contribution in [3.05, 3.63) is 12.5 Å². The van der Waals surface area contributed by atoms with Gasteiger partial charge in [0.05, 0.1) is 16.8 Å². The van der Waals surface area contributed by atoms with E-state index in [9.17, 15) is 4.79 Å². The van der Waals surface area contributed by atoms with E-state index in [4.69, 9.17) is 0 Å². The first kappa shape index (κ1) is 11.1. The molecule has 16 heavy (non-hydrogen) atoms. The fourth-order valence-electron chi connectivity index (χ4n) is 1.28. The topological polar surface area (TPSA) is 60.7 Å². The number of carbonyl (C=O) groups is 1. The van der Waals surface area contributed by atoms with E-state index in [1.165, 1.54) is 18.1 Å². The average Bonchev–Trinajstić information content (AvgIpc) is 2.62. The molecular weight excluding hydrogens is 224 g/mol. The Bertz CT molecular complexity index is 537. The van der Waals surface area contributed by atoms with Gasteiger partial charge in [-0.2, -0.15) is 5.10 Å². The van der Waals surface area contributed by atoms with Crippen LogP contribution in [0, 0.1) is 0 Å². The molecule has 0 aliphatic rings. The number of carbonyl (C=O) groups excluding carboxylic acids is 1. The molecule has 84 valence electrons. The zero-order chi connectivity index (χ0) is 11.7. The Morgan fingerprint density at radius 3 is 2.94 bits per heavy atom. The van der Waals surface area contributed by atoms with E-state index in [0.717, 1.165) is 16.1 Å². The van der Waals surface area contributed by atoms with Gasteiger partial charge in [-0.3, -0.25) is 9.48 Å². The summed E-state index contributed by atoms with van der Waals surface area (Å²) in [7, 11) is 1.83. The van der Waals surface area contributed by atoms with E-state index in [0.29, 0.717) is 0 Å². The molecule has 2 heterocycles. The lowest BCUT2D eigenvalue weighted by Gasteiger charge is -2.06. The lowest BCUT2D eigenvalue weighted by Crippen LogP contribution is -2.08. The highest BCUT2D eigenvalue weighted by Gasteiger charge is 2.14. The average molecular weight is 236 g/mol. The maximum atomic E-state index is 11.2. The number of fused-ring (bicyclic) bond motifs is 1. The van der Waals surface area contributed by atoms with Crippen LogP contribution in [0.15, 0.2) is 17.6 Å². The molecule has 0 saturated heterocycles. The molecule has 6 heteroatoms. The second-order valence-corrected chi connectivity index (χ2v) is 4.88. The Morgan fingerprint density at radius 2 is 2.25 bits per heavy atom. The van der Waals surface area contributed by atoms with Gasteiger partial charge in [0.2, 0.25) is 0 Å². The third-order valence-corrected chi connectivity index (χ3v) is 3.59. The molecule has 2 aromatic rings. The molecule has 0 fully saturated rings. The second kappa shape index (κ2) is 4.21. The van der Waals surface area contributed by atoms with Gasteiger partial charge < -0.3 is 0 Å². The van der Waals surface area contributed by atoms with Gasteiger partial charge in [-0.15, -0.1) is 0 Å². The van der Waals surface area contributed by atoms with Gasteiger partial charge in [0, 0.05) is 7.05 Å². The van der Waals surface area contributed by atoms with E-state index in [2.05, 4.69) is 15.1 Å². The highest BCUT2D eigenvalue weighted by Crippen LogP contribution is 2.27. The number of thioether (sulfide) groups is 1. The molecule has 0 amide bonds. The summed E-state index contributed by atoms with van der Waals surface area (Å²) in [5.74, 6) is 0.139. The monoisotopic (exact) mass is 236 g/mol. The molecule has 2 aromatic heterocycles. The lowest BCUT2D eigenvalue weighted by atomic mass is 10.3. The van der Waals surface area contributed by atoms with Crippen LogP contribution in [0.3, 0.4) is 0 Å². The minimum Gasteiger partial charge on any atom is -0.299 e. The maximum absolute atomic E-state index is 11.2. The number of rotatable bonds is 3. The van der Waals surface area contributed by atoms with E-state index >= 15 is 0 Å². The molecule has 0 aromatic carbocycles. The molecule has 1 atom stereocenters. The van der Waals surface area contributed by atoms with Gasteiger partial charge in [-0.05, 0) is 13.8 Å². The van der Waals surface area contributed by atoms with Crippen molar-refractivity contribution in [2.45, 2.75) is 24.1 Å². The van der Waals surface area contributed by atoms with Gasteiger partial charge in [-0.25, -0.2) is 9.97 Å². The first-order chi connectivity index (χ1) is 7.59. The summed E-state index contributed by atoms with van der Waals surface area (Å²) in [5, 5.41) is 5.72. The van der Waals surface area contributed by atoms with E-state index in [1.807, 2.05) is 14.0 Å². The summed E-state index contributed by atoms with van der Waals surface area (Å²) in [6.07, 6.45) is 3.23. The van der Waals surface area contributed by atoms with Crippen LogP contribution in [0.4, 0.5) is 0 Å². The lowest BCUT2D eigenvalue weighted by molar-refractivity contribution is -0.116. The summed E-state index contributed by atoms with van der Waals surface area (Å²) in [5.41, 5.74) is 0.785. The Morgan fingerprint density at radius 1 is 1.50 bits per heavy atom. The summed E-state index contributed by atoms with van der Waals surface area (Å²) < 4.78 is 1.69. The minimum atomic E-state index is -0.0988. The molecule has 0 saturated carbocycles. The predicted octanol–water partition coefficient (Wildman–Crippen LogP) is 1.43. The van der Waals surface area contributed by atoms with Crippen LogP contribution in [0.25, 0.3) is 11.0 Å². The molecule has 0 aliphatic carbocycles. The van der Waals surface area contributed by atoms with Crippen molar-refractivity contribution < 1.29 is 4.79 Å². The van der Waals surface area contributed by atoms with Gasteiger partial charge in [0.1, 0.15) is 17.1 Å². The van der Waals surface area contributed by atoms with Gasteiger partial charge >= 0.3 is 0 Å². The van der Waals surface area contributed by atoms with Crippen LogP contribution >= 0.6 is 11.8 Å². The molecular formula is C10H12N4OS. The quantitative estimate of drug-likeness (QED) is 0.596. The number of Topliss-reactive ketones (excluding diaryl/α,β-unsaturated/α-hetero) is 1. The molecule has 0 radical (unpaired) electrons. The number of aromatic nitrogens is 4. The van der Waals surface area contributed by atoms with Gasteiger partial charge in [0.25, 0.3) is 0 Å². The SMILES string of the molecule is CC(=O)C(C)Sc1ncnc2c1cnn2C. The van der Waals surface area contributed by atoms with Crippen molar-refractivity contribution in [3.8, 4) is 0 Å². The summed E-state index contributed by atoms with van der Waals surface area (Å²) >= 11 is 1.44. The van der Waals surface area contributed by atoms with Crippen LogP contribution in [-0.4, -0.2) is 30.8 Å². The Balaban J connectivity index is 2.41. The number of hydrogen-bond acceptors (Lipinski definition) is 5. The summed E-state index contributed by atoms with van der Waals surface area (Å²) in [6.45, 7) is 3.45. The Kier molecular flexibility index (Phi) is 2.91. The largest absolute Gasteiger partial charge is 0.299 e. The minimum absolute atomic E-state index is 0.0988. The third-order valence-electron chi connectivity index (χ3n) is 2.35. The van der Waals surface area contributed by atoms with Gasteiger partial charge in [0.15, 0.2) is 5.65 Å². The number of aryl methyl sites for hydroxylation is 1. The van der Waals surface area contributed by atoms with Crippen molar-refractivity contribution in [3.63, 3.8) is 0 Å². The van der Waals surface area contributed by atoms with E-state index in [1.54, 1.807) is 17.8 Å². The number of ketones is 1. The van der Waals surface area contributed by atoms with Crippen molar-refractivity contribution in [2.75, 3.05) is 0 Å². The van der Waals surface area contributed by atoms with Crippen LogP contribution < -0.4 is 0 Å². The summed E-state index contributed by atoms with van der Waals surface area (Å²) in [4.78, 5) is 19.5. The maximum Gasteiger partial charge on any atom is 0.162 e. The molecule has 0 N–H and O–H groups in total. The molecule has 5 nitrogen and oxygen atoms in total. The van der Waals surface area contributed by atoms with E-state index < -0.39 is 0 Å². The zero-order valence-corrected chi connectivity index (χ0v) is 10.2. The Hall–Kier alpha value is -1.43. The fourth-order valence-corrected chi connectivity index (χ4v) is 2.16. The van der Waals surface area contributed by atoms with Crippen LogP contribution in [0.2, 0.25) is 0 Å². The highest BCUT2D eigenvalue weighted by atomic mass is 32.2. The zero-order valence-electron chi connectivity index (χ0n) is 9.34. The number of hydrogen-bond donors (Lipinski definition) is 0. The fraction of sp³-hybridized carbons (Fsp3) is 0.400. The highest BCUT2D eigenvalue weighted by molar-refractivity contribution is 8.00. The van der Waals surface area contributed by atoms with Crippen LogP contribution in [0.1, 0.15) is 13.8 Å². The third kappa shape index (κ3) is 1.92. The predicted molar refractivity (Wildman–Crippen MR) is 62.3 cm³/mol. The molecule has 0 bridgehead atoms. The first-order valence-corrected chi connectivity index (χ1v) is 5.77. The van der Waals surface area contributed by atoms with Crippen molar-refractivity contribution in [1.29, 1.82) is 0 Å². The smallest absolute Gasteiger partial charge is 0.162 e. The van der Waals surface area contributed by atoms with E-state index in [-0.39, 0.29) is 11.0 Å². The van der Waals surface area contributed by atoms with Crippen molar-refractivity contribution in [2.24, 2.45) is 7.05 Å². The standard InChI is InChI=1S/C10H12N4OS/c1-6(15)7(2)16-10-8-4-13-14(3)9(8)11-5-12-10/h4-5,7H,1-3H3. The Labute approximate surface area is 97.3 Å². The first-order valence-electron chi connectivity index (χ1n) is 4.89. The van der Waals surface area contributed by atoms with Crippen LogP contribution in [0.5, 0.6) is 0 Å². The van der Waals surface area contributed by atoms with Crippen molar-refractivity contribution >= 4 is 28.6 Å². The molecule has 0 spiro atoms. The summed E-state index contributed by atoms with van der Waals surface area (Å²) in [6, 6.07) is 0. The molecule has 2 rings (SSSR count). The van der Waals surface area contributed by atoms with Crippen molar-refractivity contribution in [1.82, 2.24) is 19.7 Å². The van der Waals surface area contributed by atoms with Gasteiger partial charge in [-0.1, -0.05) is 11.8 Å². The number of nitrogens with zero attached hydrogens (tertiary/aromatic N) is 4. The van der Waals surface area contributed by atoms with Crippen LogP contribution in [-0.2, 0) is 11.8 Å². The molecule has 0 aliphatic heterocycles. The second-order valence-electron chi connectivity index (χ2n) is 3.56.